The number of imide groups is 1. The molecule has 0 saturated carbocycles. The van der Waals surface area contributed by atoms with E-state index < -0.39 is 17.9 Å². The number of hydrogen-bond acceptors (Lipinski definition) is 4. The molecule has 2 aromatic rings. The number of fused-ring (bicyclic) bond motifs is 3. The molecule has 2 amide bonds. The number of amides is 2. The van der Waals surface area contributed by atoms with Crippen LogP contribution in [0.1, 0.15) is 22.5 Å². The molecule has 0 radical (unpaired) electrons. The molecule has 0 bridgehead atoms. The zero-order valence-corrected chi connectivity index (χ0v) is 16.0. The first kappa shape index (κ1) is 17.1. The van der Waals surface area contributed by atoms with Crippen LogP contribution in [0.5, 0.6) is 0 Å². The maximum Gasteiger partial charge on any atom is 0.244 e. The molecule has 5 rings (SSSR count). The van der Waals surface area contributed by atoms with Crippen molar-refractivity contribution < 1.29 is 19.3 Å². The van der Waals surface area contributed by atoms with Gasteiger partial charge in [-0.05, 0) is 35.7 Å². The van der Waals surface area contributed by atoms with Crippen LogP contribution in [0.3, 0.4) is 0 Å². The Morgan fingerprint density at radius 1 is 1.11 bits per heavy atom. The SMILES string of the molecule is O=C(c1cccs1)[C@H]1[C@H]2C(=O)N(c3ccc(Cl)cc3)C(=O)[C@@H]2[C@H]2CCC[NH+]21. The molecule has 3 aliphatic rings. The first-order valence-electron chi connectivity index (χ1n) is 9.14. The third kappa shape index (κ3) is 2.43. The number of thiophene rings is 1. The number of quaternary nitrogens is 1. The quantitative estimate of drug-likeness (QED) is 0.630. The number of hydrogen-bond donors (Lipinski definition) is 1. The summed E-state index contributed by atoms with van der Waals surface area (Å²) in [5.74, 6) is -1.39. The van der Waals surface area contributed by atoms with E-state index in [4.69, 9.17) is 11.6 Å². The highest BCUT2D eigenvalue weighted by Crippen LogP contribution is 2.40. The van der Waals surface area contributed by atoms with Gasteiger partial charge in [-0.2, -0.15) is 0 Å². The lowest BCUT2D eigenvalue weighted by molar-refractivity contribution is -0.915. The number of halogens is 1. The molecule has 1 N–H and O–H groups in total. The molecular formula is C20H18ClN2O3S+. The van der Waals surface area contributed by atoms with Gasteiger partial charge in [-0.3, -0.25) is 14.4 Å². The van der Waals surface area contributed by atoms with Crippen LogP contribution >= 0.6 is 22.9 Å². The smallest absolute Gasteiger partial charge is 0.244 e. The minimum atomic E-state index is -0.567. The molecule has 1 unspecified atom stereocenters. The lowest BCUT2D eigenvalue weighted by Crippen LogP contribution is -3.16. The van der Waals surface area contributed by atoms with Gasteiger partial charge in [-0.15, -0.1) is 11.3 Å². The van der Waals surface area contributed by atoms with Crippen molar-refractivity contribution in [3.63, 3.8) is 0 Å². The highest BCUT2D eigenvalue weighted by Gasteiger charge is 2.68. The molecule has 138 valence electrons. The second kappa shape index (κ2) is 6.26. The third-order valence-corrected chi connectivity index (χ3v) is 7.31. The molecule has 3 aliphatic heterocycles. The van der Waals surface area contributed by atoms with Crippen LogP contribution in [0.4, 0.5) is 5.69 Å². The number of nitrogens with zero attached hydrogens (tertiary/aromatic N) is 1. The molecule has 4 heterocycles. The minimum Gasteiger partial charge on any atom is -0.322 e. The molecule has 3 saturated heterocycles. The number of carbonyl (C=O) groups excluding carboxylic acids is 3. The zero-order chi connectivity index (χ0) is 18.7. The van der Waals surface area contributed by atoms with Crippen LogP contribution in [0.25, 0.3) is 0 Å². The lowest BCUT2D eigenvalue weighted by atomic mass is 9.86. The van der Waals surface area contributed by atoms with E-state index in [0.29, 0.717) is 15.6 Å². The van der Waals surface area contributed by atoms with Crippen LogP contribution in [0, 0.1) is 11.8 Å². The topological polar surface area (TPSA) is 58.9 Å². The van der Waals surface area contributed by atoms with Crippen molar-refractivity contribution in [3.05, 3.63) is 51.7 Å². The molecule has 0 spiro atoms. The van der Waals surface area contributed by atoms with E-state index in [1.807, 2.05) is 17.5 Å². The van der Waals surface area contributed by atoms with E-state index in [9.17, 15) is 14.4 Å². The number of Topliss-reactive ketones (excluding diaryl/α,β-unsaturated/α-hetero) is 1. The number of anilines is 1. The Morgan fingerprint density at radius 3 is 2.56 bits per heavy atom. The predicted octanol–water partition coefficient (Wildman–Crippen LogP) is 1.82. The lowest BCUT2D eigenvalue weighted by Gasteiger charge is -2.25. The highest BCUT2D eigenvalue weighted by atomic mass is 35.5. The summed E-state index contributed by atoms with van der Waals surface area (Å²) in [7, 11) is 0. The summed E-state index contributed by atoms with van der Waals surface area (Å²) in [5, 5.41) is 2.42. The van der Waals surface area contributed by atoms with Crippen LogP contribution in [-0.2, 0) is 9.59 Å². The van der Waals surface area contributed by atoms with Crippen LogP contribution in [0.15, 0.2) is 41.8 Å². The summed E-state index contributed by atoms with van der Waals surface area (Å²) < 4.78 is 0. The van der Waals surface area contributed by atoms with Gasteiger partial charge in [0.1, 0.15) is 17.9 Å². The maximum absolute atomic E-state index is 13.3. The maximum atomic E-state index is 13.3. The van der Waals surface area contributed by atoms with Gasteiger partial charge in [-0.25, -0.2) is 4.90 Å². The van der Waals surface area contributed by atoms with E-state index in [1.54, 1.807) is 24.3 Å². The molecule has 1 aromatic carbocycles. The van der Waals surface area contributed by atoms with Gasteiger partial charge in [0.2, 0.25) is 17.6 Å². The molecule has 5 nitrogen and oxygen atoms in total. The number of carbonyl (C=O) groups is 3. The molecule has 0 aliphatic carbocycles. The Morgan fingerprint density at radius 2 is 1.85 bits per heavy atom. The van der Waals surface area contributed by atoms with Crippen molar-refractivity contribution in [1.29, 1.82) is 0 Å². The van der Waals surface area contributed by atoms with Crippen molar-refractivity contribution in [1.82, 2.24) is 0 Å². The second-order valence-electron chi connectivity index (χ2n) is 7.43. The minimum absolute atomic E-state index is 0.00138. The molecule has 1 aromatic heterocycles. The average molecular weight is 402 g/mol. The summed E-state index contributed by atoms with van der Waals surface area (Å²) in [6, 6.07) is 9.97. The standard InChI is InChI=1S/C20H17ClN2O3S/c21-11-5-7-12(8-6-11)23-19(25)15-13-3-1-9-22(13)17(16(15)20(23)26)18(24)14-4-2-10-27-14/h2,4-8,10,13,15-17H,1,3,9H2/p+1/t13-,15-,16+,17-/m1/s1. The number of ketones is 1. The number of nitrogens with one attached hydrogen (secondary N) is 1. The van der Waals surface area contributed by atoms with E-state index in [2.05, 4.69) is 0 Å². The van der Waals surface area contributed by atoms with E-state index in [1.165, 1.54) is 16.2 Å². The molecular weight excluding hydrogens is 384 g/mol. The predicted molar refractivity (Wildman–Crippen MR) is 102 cm³/mol. The third-order valence-electron chi connectivity index (χ3n) is 6.18. The normalized spacial score (nSPS) is 32.0. The van der Waals surface area contributed by atoms with Gasteiger partial charge in [0.05, 0.1) is 17.1 Å². The molecule has 7 heteroatoms. The second-order valence-corrected chi connectivity index (χ2v) is 8.82. The average Bonchev–Trinajstić information content (AvgIpc) is 3.41. The van der Waals surface area contributed by atoms with E-state index in [0.717, 1.165) is 24.3 Å². The molecule has 3 fully saturated rings. The van der Waals surface area contributed by atoms with Crippen LogP contribution in [-0.4, -0.2) is 36.2 Å². The molecule has 27 heavy (non-hydrogen) atoms. The number of rotatable bonds is 3. The monoisotopic (exact) mass is 401 g/mol. The van der Waals surface area contributed by atoms with Crippen molar-refractivity contribution in [2.45, 2.75) is 24.9 Å². The van der Waals surface area contributed by atoms with Crippen molar-refractivity contribution >= 4 is 46.2 Å². The Labute approximate surface area is 165 Å². The number of benzene rings is 1. The Bertz CT molecular complexity index is 927. The Kier molecular flexibility index (Phi) is 3.96. The molecule has 5 atom stereocenters. The van der Waals surface area contributed by atoms with Gasteiger partial charge in [-0.1, -0.05) is 17.7 Å². The fourth-order valence-electron chi connectivity index (χ4n) is 5.16. The fraction of sp³-hybridized carbons (Fsp3) is 0.350. The van der Waals surface area contributed by atoms with Crippen molar-refractivity contribution in [2.24, 2.45) is 11.8 Å². The summed E-state index contributed by atoms with van der Waals surface area (Å²) in [6.07, 6.45) is 1.87. The Hall–Kier alpha value is -2.02. The fourth-order valence-corrected chi connectivity index (χ4v) is 5.99. The van der Waals surface area contributed by atoms with Crippen molar-refractivity contribution in [2.75, 3.05) is 11.4 Å². The van der Waals surface area contributed by atoms with Gasteiger partial charge in [0, 0.05) is 17.9 Å². The summed E-state index contributed by atoms with van der Waals surface area (Å²) in [4.78, 5) is 42.8. The highest BCUT2D eigenvalue weighted by molar-refractivity contribution is 7.12. The summed E-state index contributed by atoms with van der Waals surface area (Å²) >= 11 is 7.35. The van der Waals surface area contributed by atoms with Gasteiger partial charge >= 0.3 is 0 Å². The van der Waals surface area contributed by atoms with E-state index >= 15 is 0 Å². The summed E-state index contributed by atoms with van der Waals surface area (Å²) in [6.45, 7) is 0.848. The van der Waals surface area contributed by atoms with Crippen LogP contribution in [0.2, 0.25) is 5.02 Å². The van der Waals surface area contributed by atoms with Gasteiger partial charge < -0.3 is 4.90 Å². The van der Waals surface area contributed by atoms with Crippen molar-refractivity contribution in [3.8, 4) is 0 Å². The van der Waals surface area contributed by atoms with Gasteiger partial charge in [0.25, 0.3) is 0 Å². The Balaban J connectivity index is 1.56. The van der Waals surface area contributed by atoms with E-state index in [-0.39, 0.29) is 23.6 Å². The van der Waals surface area contributed by atoms with Gasteiger partial charge in [0.15, 0.2) is 6.04 Å². The summed E-state index contributed by atoms with van der Waals surface area (Å²) in [5.41, 5.74) is 0.533. The largest absolute Gasteiger partial charge is 0.322 e. The first-order valence-corrected chi connectivity index (χ1v) is 10.4. The van der Waals surface area contributed by atoms with Crippen LogP contribution < -0.4 is 9.80 Å². The zero-order valence-electron chi connectivity index (χ0n) is 14.4. The first-order chi connectivity index (χ1) is 13.1.